The Morgan fingerprint density at radius 3 is 2.56 bits per heavy atom. The molecule has 4 heteroatoms. The summed E-state index contributed by atoms with van der Waals surface area (Å²) in [6.07, 6.45) is 4.26. The molecule has 2 aromatic carbocycles. The molecule has 0 saturated carbocycles. The lowest BCUT2D eigenvalue weighted by molar-refractivity contribution is -0.142. The number of aromatic nitrogens is 1. The number of carbonyl (C=O) groups excluding carboxylic acids is 1. The molecular weight excluding hydrogens is 314 g/mol. The van der Waals surface area contributed by atoms with E-state index in [1.165, 1.54) is 0 Å². The first kappa shape index (κ1) is 16.8. The second kappa shape index (κ2) is 7.71. The summed E-state index contributed by atoms with van der Waals surface area (Å²) in [5, 5.41) is 1.05. The Labute approximate surface area is 147 Å². The van der Waals surface area contributed by atoms with Gasteiger partial charge in [-0.05, 0) is 42.3 Å². The normalized spacial score (nSPS) is 11.1. The van der Waals surface area contributed by atoms with Gasteiger partial charge in [-0.3, -0.25) is 4.79 Å². The molecule has 25 heavy (non-hydrogen) atoms. The van der Waals surface area contributed by atoms with Crippen LogP contribution in [0.5, 0.6) is 5.75 Å². The van der Waals surface area contributed by atoms with Crippen LogP contribution in [0.3, 0.4) is 0 Å². The lowest BCUT2D eigenvalue weighted by Crippen LogP contribution is -2.07. The molecule has 0 bridgehead atoms. The fraction of sp³-hybridized carbons (Fsp3) is 0.190. The lowest BCUT2D eigenvalue weighted by Gasteiger charge is -2.03. The monoisotopic (exact) mass is 335 g/mol. The molecule has 0 unspecified atom stereocenters. The molecular formula is C21H21NO3. The number of H-pyrrole nitrogens is 1. The Hall–Kier alpha value is -3.01. The van der Waals surface area contributed by atoms with Gasteiger partial charge in [0, 0.05) is 16.6 Å². The van der Waals surface area contributed by atoms with Gasteiger partial charge in [-0.1, -0.05) is 36.4 Å². The van der Waals surface area contributed by atoms with Crippen LogP contribution in [0.2, 0.25) is 0 Å². The van der Waals surface area contributed by atoms with Gasteiger partial charge in [0.15, 0.2) is 0 Å². The first-order valence-corrected chi connectivity index (χ1v) is 8.28. The van der Waals surface area contributed by atoms with Gasteiger partial charge in [0.05, 0.1) is 20.1 Å². The number of ether oxygens (including phenoxy) is 2. The second-order valence-corrected chi connectivity index (χ2v) is 5.65. The average Bonchev–Trinajstić information content (AvgIpc) is 2.98. The van der Waals surface area contributed by atoms with E-state index in [0.29, 0.717) is 6.61 Å². The van der Waals surface area contributed by atoms with Crippen molar-refractivity contribution < 1.29 is 14.3 Å². The van der Waals surface area contributed by atoms with Crippen LogP contribution in [-0.2, 0) is 16.0 Å². The minimum absolute atomic E-state index is 0.216. The fourth-order valence-electron chi connectivity index (χ4n) is 2.80. The largest absolute Gasteiger partial charge is 0.497 e. The van der Waals surface area contributed by atoms with Crippen LogP contribution in [0.25, 0.3) is 23.1 Å². The molecule has 0 spiro atoms. The molecule has 0 fully saturated rings. The zero-order chi connectivity index (χ0) is 17.6. The van der Waals surface area contributed by atoms with Crippen LogP contribution < -0.4 is 4.74 Å². The summed E-state index contributed by atoms with van der Waals surface area (Å²) >= 11 is 0. The van der Waals surface area contributed by atoms with Crippen LogP contribution >= 0.6 is 0 Å². The molecule has 1 aromatic heterocycles. The summed E-state index contributed by atoms with van der Waals surface area (Å²) in [7, 11) is 1.65. The Morgan fingerprint density at radius 2 is 1.84 bits per heavy atom. The third-order valence-corrected chi connectivity index (χ3v) is 4.03. The summed E-state index contributed by atoms with van der Waals surface area (Å²) in [4.78, 5) is 15.4. The molecule has 3 rings (SSSR count). The van der Waals surface area contributed by atoms with E-state index >= 15 is 0 Å². The second-order valence-electron chi connectivity index (χ2n) is 5.65. The van der Waals surface area contributed by atoms with Gasteiger partial charge < -0.3 is 14.5 Å². The quantitative estimate of drug-likeness (QED) is 0.677. The number of esters is 1. The highest BCUT2D eigenvalue weighted by molar-refractivity contribution is 5.92. The van der Waals surface area contributed by atoms with E-state index < -0.39 is 0 Å². The first-order valence-electron chi connectivity index (χ1n) is 8.28. The zero-order valence-electron chi connectivity index (χ0n) is 14.4. The molecule has 0 atom stereocenters. The Balaban J connectivity index is 1.93. The van der Waals surface area contributed by atoms with E-state index in [-0.39, 0.29) is 12.4 Å². The van der Waals surface area contributed by atoms with Gasteiger partial charge in [0.25, 0.3) is 0 Å². The fourth-order valence-corrected chi connectivity index (χ4v) is 2.80. The van der Waals surface area contributed by atoms with Crippen molar-refractivity contribution in [2.75, 3.05) is 13.7 Å². The standard InChI is InChI=1S/C21H21NO3/c1-3-25-21(23)14-18-17-6-4-5-7-19(17)22-20(18)13-10-15-8-11-16(24-2)12-9-15/h4-13,22H,3,14H2,1-2H3/b13-10+. The number of para-hydroxylation sites is 1. The van der Waals surface area contributed by atoms with E-state index in [4.69, 9.17) is 9.47 Å². The van der Waals surface area contributed by atoms with Crippen molar-refractivity contribution in [2.24, 2.45) is 0 Å². The number of benzene rings is 2. The number of aromatic amines is 1. The number of hydrogen-bond acceptors (Lipinski definition) is 3. The third kappa shape index (κ3) is 3.91. The maximum atomic E-state index is 12.0. The predicted molar refractivity (Wildman–Crippen MR) is 101 cm³/mol. The van der Waals surface area contributed by atoms with Crippen molar-refractivity contribution in [3.8, 4) is 5.75 Å². The van der Waals surface area contributed by atoms with E-state index in [2.05, 4.69) is 4.98 Å². The Morgan fingerprint density at radius 1 is 1.08 bits per heavy atom. The highest BCUT2D eigenvalue weighted by Gasteiger charge is 2.13. The number of nitrogens with one attached hydrogen (secondary N) is 1. The van der Waals surface area contributed by atoms with Crippen LogP contribution in [0.15, 0.2) is 48.5 Å². The van der Waals surface area contributed by atoms with Crippen molar-refractivity contribution in [3.63, 3.8) is 0 Å². The highest BCUT2D eigenvalue weighted by Crippen LogP contribution is 2.25. The van der Waals surface area contributed by atoms with Gasteiger partial charge in [-0.15, -0.1) is 0 Å². The molecule has 0 amide bonds. The van der Waals surface area contributed by atoms with E-state index in [1.807, 2.05) is 67.6 Å². The van der Waals surface area contributed by atoms with Crippen molar-refractivity contribution in [1.29, 1.82) is 0 Å². The number of hydrogen-bond donors (Lipinski definition) is 1. The molecule has 4 nitrogen and oxygen atoms in total. The van der Waals surface area contributed by atoms with Crippen LogP contribution in [-0.4, -0.2) is 24.7 Å². The van der Waals surface area contributed by atoms with Crippen molar-refractivity contribution >= 4 is 29.0 Å². The van der Waals surface area contributed by atoms with Crippen LogP contribution in [0, 0.1) is 0 Å². The van der Waals surface area contributed by atoms with Gasteiger partial charge >= 0.3 is 5.97 Å². The minimum atomic E-state index is -0.216. The number of rotatable bonds is 6. The topological polar surface area (TPSA) is 51.3 Å². The molecule has 0 aliphatic carbocycles. The van der Waals surface area contributed by atoms with E-state index in [1.54, 1.807) is 7.11 Å². The third-order valence-electron chi connectivity index (χ3n) is 4.03. The minimum Gasteiger partial charge on any atom is -0.497 e. The number of methoxy groups -OCH3 is 1. The van der Waals surface area contributed by atoms with Gasteiger partial charge in [0.1, 0.15) is 5.75 Å². The van der Waals surface area contributed by atoms with Crippen molar-refractivity contribution in [2.45, 2.75) is 13.3 Å². The van der Waals surface area contributed by atoms with Gasteiger partial charge in [-0.25, -0.2) is 0 Å². The SMILES string of the molecule is CCOC(=O)Cc1c(/C=C/c2ccc(OC)cc2)[nH]c2ccccc12. The first-order chi connectivity index (χ1) is 12.2. The molecule has 0 saturated heterocycles. The van der Waals surface area contributed by atoms with E-state index in [0.717, 1.165) is 33.5 Å². The maximum absolute atomic E-state index is 12.0. The Kier molecular flexibility index (Phi) is 5.19. The van der Waals surface area contributed by atoms with Gasteiger partial charge in [-0.2, -0.15) is 0 Å². The zero-order valence-corrected chi connectivity index (χ0v) is 14.4. The summed E-state index contributed by atoms with van der Waals surface area (Å²) < 4.78 is 10.3. The lowest BCUT2D eigenvalue weighted by atomic mass is 10.1. The molecule has 0 aliphatic heterocycles. The van der Waals surface area contributed by atoms with Crippen LogP contribution in [0.4, 0.5) is 0 Å². The molecule has 128 valence electrons. The smallest absolute Gasteiger partial charge is 0.310 e. The molecule has 0 aliphatic rings. The van der Waals surface area contributed by atoms with Crippen molar-refractivity contribution in [1.82, 2.24) is 4.98 Å². The number of fused-ring (bicyclic) bond motifs is 1. The molecule has 1 heterocycles. The highest BCUT2D eigenvalue weighted by atomic mass is 16.5. The summed E-state index contributed by atoms with van der Waals surface area (Å²) in [6, 6.07) is 15.8. The van der Waals surface area contributed by atoms with Crippen molar-refractivity contribution in [3.05, 3.63) is 65.4 Å². The molecule has 1 N–H and O–H groups in total. The van der Waals surface area contributed by atoms with Gasteiger partial charge in [0.2, 0.25) is 0 Å². The van der Waals surface area contributed by atoms with E-state index in [9.17, 15) is 4.79 Å². The predicted octanol–water partition coefficient (Wildman–Crippen LogP) is 4.45. The average molecular weight is 335 g/mol. The maximum Gasteiger partial charge on any atom is 0.310 e. The molecule has 0 radical (unpaired) electrons. The summed E-state index contributed by atoms with van der Waals surface area (Å²) in [6.45, 7) is 2.20. The number of carbonyl (C=O) groups is 1. The van der Waals surface area contributed by atoms with Crippen LogP contribution in [0.1, 0.15) is 23.7 Å². The molecule has 3 aromatic rings. The summed E-state index contributed by atoms with van der Waals surface area (Å²) in [5.41, 5.74) is 3.95. The Bertz CT molecular complexity index is 891. The summed E-state index contributed by atoms with van der Waals surface area (Å²) in [5.74, 6) is 0.608.